The number of carbonyl (C=O) groups excluding carboxylic acids is 2. The molecule has 0 radical (unpaired) electrons. The number of benzene rings is 2. The quantitative estimate of drug-likeness (QED) is 0.417. The molecule has 1 N–H and O–H groups in total. The third-order valence-electron chi connectivity index (χ3n) is 7.87. The van der Waals surface area contributed by atoms with E-state index in [9.17, 15) is 9.59 Å². The SMILES string of the molecule is COC(=O)C1=C(C)N=C2SC=C(CC(=O)NC3CCN(Cc4ccccc4)CC3)N2C1c1ccc(C(C)C)cc1. The summed E-state index contributed by atoms with van der Waals surface area (Å²) in [4.78, 5) is 35.5. The molecule has 0 saturated carbocycles. The van der Waals surface area contributed by atoms with Gasteiger partial charge in [-0.1, -0.05) is 80.2 Å². The van der Waals surface area contributed by atoms with Crippen LogP contribution in [0.4, 0.5) is 0 Å². The zero-order chi connectivity index (χ0) is 28.2. The third-order valence-corrected chi connectivity index (χ3v) is 8.76. The van der Waals surface area contributed by atoms with Crippen LogP contribution >= 0.6 is 11.8 Å². The number of thioether (sulfide) groups is 1. The van der Waals surface area contributed by atoms with Crippen molar-refractivity contribution < 1.29 is 14.3 Å². The van der Waals surface area contributed by atoms with E-state index in [2.05, 4.69) is 72.6 Å². The minimum Gasteiger partial charge on any atom is -0.466 e. The van der Waals surface area contributed by atoms with Gasteiger partial charge >= 0.3 is 5.97 Å². The van der Waals surface area contributed by atoms with Crippen molar-refractivity contribution in [2.45, 2.75) is 64.6 Å². The Morgan fingerprint density at radius 1 is 1.07 bits per heavy atom. The second kappa shape index (κ2) is 12.4. The molecule has 0 spiro atoms. The number of hydrogen-bond acceptors (Lipinski definition) is 7. The minimum atomic E-state index is -0.406. The molecular formula is C32H38N4O3S. The molecule has 8 heteroatoms. The fraction of sp³-hybridized carbons (Fsp3) is 0.406. The minimum absolute atomic E-state index is 0.00518. The largest absolute Gasteiger partial charge is 0.466 e. The van der Waals surface area contributed by atoms with Crippen molar-refractivity contribution in [1.82, 2.24) is 15.1 Å². The van der Waals surface area contributed by atoms with Crippen LogP contribution in [0.2, 0.25) is 0 Å². The lowest BCUT2D eigenvalue weighted by Gasteiger charge is -2.36. The molecule has 7 nitrogen and oxygen atoms in total. The molecule has 1 fully saturated rings. The van der Waals surface area contributed by atoms with Gasteiger partial charge in [0, 0.05) is 31.4 Å². The highest BCUT2D eigenvalue weighted by atomic mass is 32.2. The lowest BCUT2D eigenvalue weighted by atomic mass is 9.92. The van der Waals surface area contributed by atoms with Crippen molar-refractivity contribution in [3.05, 3.63) is 93.7 Å². The van der Waals surface area contributed by atoms with Gasteiger partial charge in [0.15, 0.2) is 5.17 Å². The number of hydrogen-bond donors (Lipinski definition) is 1. The molecule has 1 saturated heterocycles. The number of likely N-dealkylation sites (tertiary alicyclic amines) is 1. The number of esters is 1. The first kappa shape index (κ1) is 28.2. The second-order valence-electron chi connectivity index (χ2n) is 11.0. The van der Waals surface area contributed by atoms with Crippen LogP contribution in [-0.2, 0) is 20.9 Å². The molecule has 210 valence electrons. The van der Waals surface area contributed by atoms with E-state index in [4.69, 9.17) is 9.73 Å². The molecule has 1 amide bonds. The number of ether oxygens (including phenoxy) is 1. The van der Waals surface area contributed by atoms with E-state index in [1.807, 2.05) is 23.3 Å². The van der Waals surface area contributed by atoms with Crippen LogP contribution in [0.1, 0.15) is 68.7 Å². The van der Waals surface area contributed by atoms with Gasteiger partial charge in [0.1, 0.15) is 0 Å². The Labute approximate surface area is 241 Å². The zero-order valence-corrected chi connectivity index (χ0v) is 24.5. The number of amides is 1. The predicted molar refractivity (Wildman–Crippen MR) is 160 cm³/mol. The molecule has 2 aromatic carbocycles. The number of fused-ring (bicyclic) bond motifs is 1. The summed E-state index contributed by atoms with van der Waals surface area (Å²) in [5.41, 5.74) is 5.51. The number of amidine groups is 1. The maximum atomic E-state index is 13.3. The number of rotatable bonds is 8. The molecule has 0 bridgehead atoms. The van der Waals surface area contributed by atoms with Crippen LogP contribution in [0, 0.1) is 0 Å². The summed E-state index contributed by atoms with van der Waals surface area (Å²) in [6.07, 6.45) is 2.09. The van der Waals surface area contributed by atoms with Crippen LogP contribution in [0.3, 0.4) is 0 Å². The number of carbonyl (C=O) groups is 2. The molecule has 0 aliphatic carbocycles. The van der Waals surface area contributed by atoms with E-state index >= 15 is 0 Å². The van der Waals surface area contributed by atoms with Gasteiger partial charge in [-0.15, -0.1) is 0 Å². The van der Waals surface area contributed by atoms with Crippen molar-refractivity contribution >= 4 is 28.8 Å². The summed E-state index contributed by atoms with van der Waals surface area (Å²) in [6, 6.07) is 18.6. The first-order valence-corrected chi connectivity index (χ1v) is 14.9. The normalized spacial score (nSPS) is 19.8. The van der Waals surface area contributed by atoms with Crippen LogP contribution in [0.15, 0.2) is 82.0 Å². The van der Waals surface area contributed by atoms with Crippen LogP contribution < -0.4 is 5.32 Å². The maximum absolute atomic E-state index is 13.3. The summed E-state index contributed by atoms with van der Waals surface area (Å²) in [6.45, 7) is 9.03. The Morgan fingerprint density at radius 3 is 2.42 bits per heavy atom. The fourth-order valence-corrected chi connectivity index (χ4v) is 6.60. The van der Waals surface area contributed by atoms with Gasteiger partial charge in [0.2, 0.25) is 5.91 Å². The van der Waals surface area contributed by atoms with Gasteiger partial charge in [0.05, 0.1) is 30.8 Å². The number of aliphatic imine (C=N–C) groups is 1. The van der Waals surface area contributed by atoms with Crippen molar-refractivity contribution in [2.75, 3.05) is 20.2 Å². The summed E-state index contributed by atoms with van der Waals surface area (Å²) in [7, 11) is 1.40. The topological polar surface area (TPSA) is 74.2 Å². The lowest BCUT2D eigenvalue weighted by Crippen LogP contribution is -2.45. The summed E-state index contributed by atoms with van der Waals surface area (Å²) < 4.78 is 5.18. The Hall–Kier alpha value is -3.36. The van der Waals surface area contributed by atoms with Crippen LogP contribution in [-0.4, -0.2) is 53.1 Å². The third kappa shape index (κ3) is 6.18. The number of nitrogens with one attached hydrogen (secondary N) is 1. The van der Waals surface area contributed by atoms with Crippen molar-refractivity contribution in [1.29, 1.82) is 0 Å². The van der Waals surface area contributed by atoms with Crippen molar-refractivity contribution in [3.63, 3.8) is 0 Å². The van der Waals surface area contributed by atoms with Gasteiger partial charge < -0.3 is 15.0 Å². The van der Waals surface area contributed by atoms with Gasteiger partial charge in [0.25, 0.3) is 0 Å². The molecule has 5 rings (SSSR count). The highest BCUT2D eigenvalue weighted by molar-refractivity contribution is 8.16. The number of allylic oxidation sites excluding steroid dienone is 1. The maximum Gasteiger partial charge on any atom is 0.338 e. The first-order chi connectivity index (χ1) is 19.3. The van der Waals surface area contributed by atoms with E-state index in [0.29, 0.717) is 17.2 Å². The second-order valence-corrected chi connectivity index (χ2v) is 11.8. The zero-order valence-electron chi connectivity index (χ0n) is 23.7. The standard InChI is InChI=1S/C32H38N4O3S/c1-21(2)24-10-12-25(13-11-24)30-29(31(38)39-4)22(3)33-32-36(30)27(20-40-32)18-28(37)34-26-14-16-35(17-15-26)19-23-8-6-5-7-9-23/h5-13,20-21,26,30H,14-19H2,1-4H3,(H,34,37). The predicted octanol–water partition coefficient (Wildman–Crippen LogP) is 5.73. The summed E-state index contributed by atoms with van der Waals surface area (Å²) >= 11 is 1.50. The van der Waals surface area contributed by atoms with E-state index in [1.54, 1.807) is 0 Å². The van der Waals surface area contributed by atoms with E-state index < -0.39 is 12.0 Å². The van der Waals surface area contributed by atoms with Crippen molar-refractivity contribution in [3.8, 4) is 0 Å². The molecule has 3 heterocycles. The molecule has 40 heavy (non-hydrogen) atoms. The Kier molecular flexibility index (Phi) is 8.76. The average Bonchev–Trinajstić information content (AvgIpc) is 3.35. The van der Waals surface area contributed by atoms with E-state index in [1.165, 1.54) is 30.0 Å². The monoisotopic (exact) mass is 558 g/mol. The van der Waals surface area contributed by atoms with Gasteiger partial charge in [-0.3, -0.25) is 9.69 Å². The number of methoxy groups -OCH3 is 1. The molecular weight excluding hydrogens is 520 g/mol. The highest BCUT2D eigenvalue weighted by Gasteiger charge is 2.41. The van der Waals surface area contributed by atoms with Gasteiger partial charge in [-0.25, -0.2) is 9.79 Å². The summed E-state index contributed by atoms with van der Waals surface area (Å²) in [5, 5.41) is 6.04. The molecule has 3 aliphatic rings. The van der Waals surface area contributed by atoms with Gasteiger partial charge in [-0.05, 0) is 47.8 Å². The summed E-state index contributed by atoms with van der Waals surface area (Å²) in [5.74, 6) is -0.00260. The first-order valence-electron chi connectivity index (χ1n) is 14.0. The van der Waals surface area contributed by atoms with Crippen LogP contribution in [0.25, 0.3) is 0 Å². The molecule has 1 unspecified atom stereocenters. The highest BCUT2D eigenvalue weighted by Crippen LogP contribution is 2.45. The average molecular weight is 559 g/mol. The van der Waals surface area contributed by atoms with E-state index in [0.717, 1.165) is 48.9 Å². The molecule has 2 aromatic rings. The van der Waals surface area contributed by atoms with E-state index in [-0.39, 0.29) is 18.4 Å². The molecule has 0 aromatic heterocycles. The van der Waals surface area contributed by atoms with Crippen LogP contribution in [0.5, 0.6) is 0 Å². The number of nitrogens with zero attached hydrogens (tertiary/aromatic N) is 3. The smallest absolute Gasteiger partial charge is 0.338 e. The fourth-order valence-electron chi connectivity index (χ4n) is 5.64. The van der Waals surface area contributed by atoms with Crippen molar-refractivity contribution in [2.24, 2.45) is 4.99 Å². The molecule has 3 aliphatic heterocycles. The molecule has 1 atom stereocenters. The number of piperidine rings is 1. The Morgan fingerprint density at radius 2 is 1.77 bits per heavy atom. The Bertz CT molecular complexity index is 1330. The van der Waals surface area contributed by atoms with Gasteiger partial charge in [-0.2, -0.15) is 0 Å². The Balaban J connectivity index is 1.27. The lowest BCUT2D eigenvalue weighted by molar-refractivity contribution is -0.136.